The summed E-state index contributed by atoms with van der Waals surface area (Å²) in [6.07, 6.45) is 1.92. The molecular weight excluding hydrogens is 310 g/mol. The highest BCUT2D eigenvalue weighted by molar-refractivity contribution is 8.27. The lowest BCUT2D eigenvalue weighted by molar-refractivity contribution is -0.113. The minimum absolute atomic E-state index is 0.0520. The van der Waals surface area contributed by atoms with Crippen LogP contribution in [0.5, 0.6) is 0 Å². The van der Waals surface area contributed by atoms with Crippen LogP contribution < -0.4 is 4.90 Å². The first kappa shape index (κ1) is 15.0. The number of nitrogens with zero attached hydrogens (tertiary/aromatic N) is 1. The van der Waals surface area contributed by atoms with Crippen LogP contribution in [0, 0.1) is 13.8 Å². The first-order chi connectivity index (χ1) is 10.6. The molecule has 22 heavy (non-hydrogen) atoms. The second kappa shape index (κ2) is 6.07. The number of benzene rings is 2. The lowest BCUT2D eigenvalue weighted by Crippen LogP contribution is -2.27. The van der Waals surface area contributed by atoms with Crippen molar-refractivity contribution < 1.29 is 4.79 Å². The number of anilines is 1. The van der Waals surface area contributed by atoms with Crippen LogP contribution in [-0.4, -0.2) is 10.2 Å². The summed E-state index contributed by atoms with van der Waals surface area (Å²) in [6, 6.07) is 15.8. The normalized spacial score (nSPS) is 16.6. The van der Waals surface area contributed by atoms with Crippen LogP contribution in [0.1, 0.15) is 16.7 Å². The molecule has 3 rings (SSSR count). The van der Waals surface area contributed by atoms with Crippen LogP contribution in [0.3, 0.4) is 0 Å². The number of hydrogen-bond acceptors (Lipinski definition) is 3. The number of carbonyl (C=O) groups excluding carboxylic acids is 1. The van der Waals surface area contributed by atoms with Gasteiger partial charge in [-0.25, -0.2) is 0 Å². The number of amides is 1. The van der Waals surface area contributed by atoms with Crippen LogP contribution in [0.2, 0.25) is 0 Å². The highest BCUT2D eigenvalue weighted by Crippen LogP contribution is 2.36. The third-order valence-electron chi connectivity index (χ3n) is 3.53. The van der Waals surface area contributed by atoms with Gasteiger partial charge >= 0.3 is 0 Å². The number of rotatable bonds is 2. The van der Waals surface area contributed by atoms with Gasteiger partial charge in [0.05, 0.1) is 10.6 Å². The van der Waals surface area contributed by atoms with Crippen molar-refractivity contribution in [3.05, 3.63) is 70.1 Å². The zero-order chi connectivity index (χ0) is 15.7. The Balaban J connectivity index is 1.97. The van der Waals surface area contributed by atoms with E-state index in [1.165, 1.54) is 11.8 Å². The molecule has 0 aliphatic carbocycles. The maximum Gasteiger partial charge on any atom is 0.270 e. The minimum Gasteiger partial charge on any atom is -0.268 e. The summed E-state index contributed by atoms with van der Waals surface area (Å²) >= 11 is 6.75. The monoisotopic (exact) mass is 325 g/mol. The van der Waals surface area contributed by atoms with Crippen LogP contribution in [-0.2, 0) is 4.79 Å². The van der Waals surface area contributed by atoms with Crippen LogP contribution >= 0.6 is 24.0 Å². The van der Waals surface area contributed by atoms with Gasteiger partial charge in [-0.3, -0.25) is 9.69 Å². The number of aryl methyl sites for hydroxylation is 2. The summed E-state index contributed by atoms with van der Waals surface area (Å²) in [5.41, 5.74) is 4.13. The average Bonchev–Trinajstić information content (AvgIpc) is 2.76. The molecule has 110 valence electrons. The molecule has 0 saturated carbocycles. The Hall–Kier alpha value is -1.91. The summed E-state index contributed by atoms with van der Waals surface area (Å²) in [5, 5.41) is 0. The van der Waals surface area contributed by atoms with Crippen LogP contribution in [0.25, 0.3) is 6.08 Å². The SMILES string of the molecule is Cc1cccc(N2C(=O)/C(=C/c3ccccc3C)SC2=S)c1. The lowest BCUT2D eigenvalue weighted by atomic mass is 10.1. The van der Waals surface area contributed by atoms with E-state index >= 15 is 0 Å². The van der Waals surface area contributed by atoms with Crippen LogP contribution in [0.15, 0.2) is 53.4 Å². The first-order valence-corrected chi connectivity index (χ1v) is 8.19. The molecule has 1 amide bonds. The molecule has 0 bridgehead atoms. The highest BCUT2D eigenvalue weighted by Gasteiger charge is 2.33. The van der Waals surface area contributed by atoms with E-state index < -0.39 is 0 Å². The minimum atomic E-state index is -0.0520. The second-order valence-corrected chi connectivity index (χ2v) is 6.89. The number of thiocarbonyl (C=S) groups is 1. The first-order valence-electron chi connectivity index (χ1n) is 6.96. The Morgan fingerprint density at radius 2 is 1.86 bits per heavy atom. The van der Waals surface area contributed by atoms with Crippen molar-refractivity contribution in [2.24, 2.45) is 0 Å². The zero-order valence-corrected chi connectivity index (χ0v) is 14.0. The maximum atomic E-state index is 12.7. The molecule has 0 spiro atoms. The van der Waals surface area contributed by atoms with E-state index in [-0.39, 0.29) is 5.91 Å². The fourth-order valence-corrected chi connectivity index (χ4v) is 3.64. The summed E-state index contributed by atoms with van der Waals surface area (Å²) in [7, 11) is 0. The molecule has 0 atom stereocenters. The van der Waals surface area contributed by atoms with Gasteiger partial charge in [0.2, 0.25) is 0 Å². The molecule has 1 heterocycles. The van der Waals surface area contributed by atoms with Crippen molar-refractivity contribution in [3.8, 4) is 0 Å². The fourth-order valence-electron chi connectivity index (χ4n) is 2.35. The number of hydrogen-bond donors (Lipinski definition) is 0. The summed E-state index contributed by atoms with van der Waals surface area (Å²) in [6.45, 7) is 4.04. The largest absolute Gasteiger partial charge is 0.270 e. The van der Waals surface area contributed by atoms with Gasteiger partial charge in [0.25, 0.3) is 5.91 Å². The molecule has 1 aliphatic rings. The van der Waals surface area contributed by atoms with Gasteiger partial charge in [0.1, 0.15) is 0 Å². The van der Waals surface area contributed by atoms with E-state index in [1.54, 1.807) is 4.90 Å². The van der Waals surface area contributed by atoms with E-state index in [0.29, 0.717) is 9.23 Å². The predicted molar refractivity (Wildman–Crippen MR) is 98.0 cm³/mol. The van der Waals surface area contributed by atoms with Gasteiger partial charge in [-0.15, -0.1) is 0 Å². The third kappa shape index (κ3) is 2.85. The summed E-state index contributed by atoms with van der Waals surface area (Å²) in [4.78, 5) is 15.0. The Morgan fingerprint density at radius 1 is 1.09 bits per heavy atom. The molecule has 2 aromatic carbocycles. The van der Waals surface area contributed by atoms with Gasteiger partial charge in [-0.1, -0.05) is 60.4 Å². The Bertz CT molecular complexity index is 795. The Labute approximate surface area is 139 Å². The molecule has 1 saturated heterocycles. The van der Waals surface area contributed by atoms with Gasteiger partial charge in [-0.05, 0) is 48.7 Å². The van der Waals surface area contributed by atoms with E-state index in [4.69, 9.17) is 12.2 Å². The molecule has 1 fully saturated rings. The third-order valence-corrected chi connectivity index (χ3v) is 4.83. The van der Waals surface area contributed by atoms with E-state index in [1.807, 2.05) is 68.5 Å². The van der Waals surface area contributed by atoms with Crippen molar-refractivity contribution in [3.63, 3.8) is 0 Å². The van der Waals surface area contributed by atoms with Crippen LogP contribution in [0.4, 0.5) is 5.69 Å². The van der Waals surface area contributed by atoms with Crippen molar-refractivity contribution in [1.29, 1.82) is 0 Å². The topological polar surface area (TPSA) is 20.3 Å². The summed E-state index contributed by atoms with van der Waals surface area (Å²) in [5.74, 6) is -0.0520. The standard InChI is InChI=1S/C18H15NOS2/c1-12-6-5-9-15(10-12)19-17(20)16(22-18(19)21)11-14-8-4-3-7-13(14)2/h3-11H,1-2H3/b16-11-. The molecule has 1 aliphatic heterocycles. The van der Waals surface area contributed by atoms with Gasteiger partial charge in [0, 0.05) is 0 Å². The fraction of sp³-hybridized carbons (Fsp3) is 0.111. The van der Waals surface area contributed by atoms with Crippen molar-refractivity contribution in [2.45, 2.75) is 13.8 Å². The van der Waals surface area contributed by atoms with E-state index in [9.17, 15) is 4.79 Å². The quantitative estimate of drug-likeness (QED) is 0.589. The van der Waals surface area contributed by atoms with Crippen molar-refractivity contribution in [1.82, 2.24) is 0 Å². The molecule has 4 heteroatoms. The smallest absolute Gasteiger partial charge is 0.268 e. The lowest BCUT2D eigenvalue weighted by Gasteiger charge is -2.14. The molecule has 0 unspecified atom stereocenters. The molecular formula is C18H15NOS2. The molecule has 0 N–H and O–H groups in total. The van der Waals surface area contributed by atoms with E-state index in [2.05, 4.69) is 0 Å². The maximum absolute atomic E-state index is 12.7. The van der Waals surface area contributed by atoms with Crippen molar-refractivity contribution in [2.75, 3.05) is 4.90 Å². The Kier molecular flexibility index (Phi) is 4.14. The van der Waals surface area contributed by atoms with Gasteiger partial charge in [0.15, 0.2) is 4.32 Å². The van der Waals surface area contributed by atoms with Gasteiger partial charge in [-0.2, -0.15) is 0 Å². The molecule has 0 radical (unpaired) electrons. The summed E-state index contributed by atoms with van der Waals surface area (Å²) < 4.78 is 0.579. The van der Waals surface area contributed by atoms with E-state index in [0.717, 1.165) is 22.4 Å². The number of carbonyl (C=O) groups is 1. The second-order valence-electron chi connectivity index (χ2n) is 5.21. The molecule has 2 nitrogen and oxygen atoms in total. The number of thioether (sulfide) groups is 1. The van der Waals surface area contributed by atoms with Gasteiger partial charge < -0.3 is 0 Å². The predicted octanol–water partition coefficient (Wildman–Crippen LogP) is 4.71. The Morgan fingerprint density at radius 3 is 2.59 bits per heavy atom. The highest BCUT2D eigenvalue weighted by atomic mass is 32.2. The molecule has 2 aromatic rings. The van der Waals surface area contributed by atoms with Crippen molar-refractivity contribution >= 4 is 46.0 Å². The zero-order valence-electron chi connectivity index (χ0n) is 12.4. The average molecular weight is 325 g/mol. The molecule has 0 aromatic heterocycles.